The van der Waals surface area contributed by atoms with Crippen LogP contribution in [0.1, 0.15) is 52.0 Å². The SMILES string of the molecule is CC(C)(O)C(C)(C)O.[B]c1cnn(C(CC)c2ccc(Cl)s2)c1. The predicted octanol–water partition coefficient (Wildman–Crippen LogP) is 2.92. The summed E-state index contributed by atoms with van der Waals surface area (Å²) in [6, 6.07) is 4.19. The van der Waals surface area contributed by atoms with Crippen LogP contribution in [0.3, 0.4) is 0 Å². The predicted molar refractivity (Wildman–Crippen MR) is 98.0 cm³/mol. The van der Waals surface area contributed by atoms with Gasteiger partial charge in [-0.15, -0.1) is 11.3 Å². The van der Waals surface area contributed by atoms with Gasteiger partial charge >= 0.3 is 0 Å². The van der Waals surface area contributed by atoms with Gasteiger partial charge in [0.25, 0.3) is 0 Å². The van der Waals surface area contributed by atoms with Gasteiger partial charge in [-0.3, -0.25) is 4.68 Å². The molecule has 0 spiro atoms. The fourth-order valence-electron chi connectivity index (χ4n) is 1.55. The molecule has 1 unspecified atom stereocenters. The molecule has 0 saturated carbocycles. The molecule has 126 valence electrons. The Kier molecular flexibility index (Phi) is 6.89. The highest BCUT2D eigenvalue weighted by molar-refractivity contribution is 7.16. The Labute approximate surface area is 148 Å². The van der Waals surface area contributed by atoms with Crippen LogP contribution < -0.4 is 5.46 Å². The zero-order valence-corrected chi connectivity index (χ0v) is 15.8. The summed E-state index contributed by atoms with van der Waals surface area (Å²) in [5.41, 5.74) is -1.32. The number of hydrogen-bond donors (Lipinski definition) is 2. The van der Waals surface area contributed by atoms with Crippen molar-refractivity contribution in [2.75, 3.05) is 0 Å². The lowest BCUT2D eigenvalue weighted by atomic mass is 9.90. The van der Waals surface area contributed by atoms with Crippen molar-refractivity contribution in [1.29, 1.82) is 0 Å². The van der Waals surface area contributed by atoms with Gasteiger partial charge < -0.3 is 10.2 Å². The first-order valence-corrected chi connectivity index (χ1v) is 8.64. The molecule has 7 heteroatoms. The number of aliphatic hydroxyl groups is 2. The normalized spacial score (nSPS) is 13.4. The Morgan fingerprint density at radius 1 is 1.26 bits per heavy atom. The number of thiophene rings is 1. The topological polar surface area (TPSA) is 58.3 Å². The summed E-state index contributed by atoms with van der Waals surface area (Å²) < 4.78 is 2.70. The Bertz CT molecular complexity index is 562. The molecule has 0 aromatic carbocycles. The van der Waals surface area contributed by atoms with Crippen LogP contribution in [-0.2, 0) is 0 Å². The molecule has 2 radical (unpaired) electrons. The molecule has 0 aliphatic heterocycles. The molecule has 0 amide bonds. The van der Waals surface area contributed by atoms with Crippen LogP contribution in [0.2, 0.25) is 4.34 Å². The van der Waals surface area contributed by atoms with E-state index in [4.69, 9.17) is 29.7 Å². The van der Waals surface area contributed by atoms with E-state index in [9.17, 15) is 0 Å². The van der Waals surface area contributed by atoms with Crippen LogP contribution in [-0.4, -0.2) is 39.0 Å². The molecular weight excluding hydrogens is 331 g/mol. The Morgan fingerprint density at radius 3 is 2.13 bits per heavy atom. The third-order valence-electron chi connectivity index (χ3n) is 3.75. The van der Waals surface area contributed by atoms with Gasteiger partial charge in [0.15, 0.2) is 0 Å². The molecule has 0 fully saturated rings. The van der Waals surface area contributed by atoms with Gasteiger partial charge in [0.1, 0.15) is 7.85 Å². The van der Waals surface area contributed by atoms with Crippen LogP contribution in [0, 0.1) is 0 Å². The van der Waals surface area contributed by atoms with E-state index in [2.05, 4.69) is 12.0 Å². The maximum absolute atomic E-state index is 9.10. The molecule has 2 aromatic heterocycles. The minimum Gasteiger partial charge on any atom is -0.387 e. The van der Waals surface area contributed by atoms with Gasteiger partial charge in [-0.1, -0.05) is 24.0 Å². The van der Waals surface area contributed by atoms with E-state index >= 15 is 0 Å². The lowest BCUT2D eigenvalue weighted by molar-refractivity contribution is -0.107. The Hall–Kier alpha value is -0.815. The average Bonchev–Trinajstić information content (AvgIpc) is 2.99. The second-order valence-corrected chi connectivity index (χ2v) is 8.18. The highest BCUT2D eigenvalue weighted by Gasteiger charge is 2.31. The van der Waals surface area contributed by atoms with Gasteiger partial charge in [-0.2, -0.15) is 5.10 Å². The third kappa shape index (κ3) is 5.96. The lowest BCUT2D eigenvalue weighted by Gasteiger charge is -2.31. The maximum Gasteiger partial charge on any atom is 0.118 e. The molecule has 0 saturated heterocycles. The van der Waals surface area contributed by atoms with Crippen LogP contribution in [0.15, 0.2) is 24.5 Å². The third-order valence-corrected chi connectivity index (χ3v) is 5.08. The van der Waals surface area contributed by atoms with Crippen molar-refractivity contribution in [3.63, 3.8) is 0 Å². The first-order valence-electron chi connectivity index (χ1n) is 7.45. The van der Waals surface area contributed by atoms with E-state index in [0.717, 1.165) is 10.8 Å². The Balaban J connectivity index is 0.000000284. The first-order chi connectivity index (χ1) is 10.5. The molecule has 4 nitrogen and oxygen atoms in total. The van der Waals surface area contributed by atoms with Crippen LogP contribution in [0.5, 0.6) is 0 Å². The highest BCUT2D eigenvalue weighted by atomic mass is 35.5. The average molecular weight is 355 g/mol. The smallest absolute Gasteiger partial charge is 0.118 e. The molecule has 23 heavy (non-hydrogen) atoms. The summed E-state index contributed by atoms with van der Waals surface area (Å²) in [4.78, 5) is 1.21. The van der Waals surface area contributed by atoms with E-state index in [1.807, 2.05) is 23.0 Å². The quantitative estimate of drug-likeness (QED) is 0.830. The van der Waals surface area contributed by atoms with Gasteiger partial charge in [0, 0.05) is 17.3 Å². The highest BCUT2D eigenvalue weighted by Crippen LogP contribution is 2.30. The zero-order chi connectivity index (χ0) is 17.8. The van der Waals surface area contributed by atoms with Crippen molar-refractivity contribution < 1.29 is 10.2 Å². The standard InChI is InChI=1S/C10H10BClN2S.C6H14O2/c1-2-8(9-3-4-10(12)15-9)14-6-7(11)5-13-14;1-5(2,7)6(3,4)8/h3-6,8H,2H2,1H3;7-8H,1-4H3. The van der Waals surface area contributed by atoms with Crippen molar-refractivity contribution in [1.82, 2.24) is 9.78 Å². The summed E-state index contributed by atoms with van der Waals surface area (Å²) in [6.45, 7) is 8.43. The summed E-state index contributed by atoms with van der Waals surface area (Å²) in [5.74, 6) is 0. The number of rotatable bonds is 4. The van der Waals surface area contributed by atoms with Crippen molar-refractivity contribution in [3.05, 3.63) is 33.7 Å². The number of nitrogens with zero attached hydrogens (tertiary/aromatic N) is 2. The van der Waals surface area contributed by atoms with Gasteiger partial charge in [0.2, 0.25) is 0 Å². The van der Waals surface area contributed by atoms with Crippen LogP contribution in [0.4, 0.5) is 0 Å². The molecule has 2 N–H and O–H groups in total. The second kappa shape index (κ2) is 7.84. The van der Waals surface area contributed by atoms with Gasteiger partial charge in [-0.05, 0) is 46.2 Å². The van der Waals surface area contributed by atoms with E-state index in [1.165, 1.54) is 4.88 Å². The van der Waals surface area contributed by atoms with E-state index in [-0.39, 0.29) is 6.04 Å². The fraction of sp³-hybridized carbons (Fsp3) is 0.562. The summed E-state index contributed by atoms with van der Waals surface area (Å²) in [5, 5.41) is 22.4. The monoisotopic (exact) mass is 354 g/mol. The molecule has 2 aromatic rings. The fourth-order valence-corrected chi connectivity index (χ4v) is 2.79. The molecule has 0 aliphatic carbocycles. The molecule has 1 atom stereocenters. The number of aromatic nitrogens is 2. The second-order valence-electron chi connectivity index (χ2n) is 6.44. The minimum atomic E-state index is -1.01. The molecular formula is C16H24BClN2O2S. The van der Waals surface area contributed by atoms with E-state index in [1.54, 1.807) is 45.2 Å². The van der Waals surface area contributed by atoms with E-state index in [0.29, 0.717) is 5.46 Å². The van der Waals surface area contributed by atoms with Crippen LogP contribution >= 0.6 is 22.9 Å². The lowest BCUT2D eigenvalue weighted by Crippen LogP contribution is -2.44. The van der Waals surface area contributed by atoms with Crippen molar-refractivity contribution in [2.24, 2.45) is 0 Å². The van der Waals surface area contributed by atoms with Gasteiger partial charge in [0.05, 0.1) is 21.6 Å². The Morgan fingerprint density at radius 2 is 1.83 bits per heavy atom. The van der Waals surface area contributed by atoms with Crippen molar-refractivity contribution in [2.45, 2.75) is 58.3 Å². The molecule has 0 bridgehead atoms. The number of hydrogen-bond acceptors (Lipinski definition) is 4. The summed E-state index contributed by atoms with van der Waals surface area (Å²) >= 11 is 7.51. The summed E-state index contributed by atoms with van der Waals surface area (Å²) in [6.07, 6.45) is 4.48. The van der Waals surface area contributed by atoms with Gasteiger partial charge in [-0.25, -0.2) is 0 Å². The summed E-state index contributed by atoms with van der Waals surface area (Å²) in [7, 11) is 5.65. The number of halogens is 1. The molecule has 2 heterocycles. The van der Waals surface area contributed by atoms with Crippen molar-refractivity contribution in [3.8, 4) is 0 Å². The maximum atomic E-state index is 9.10. The van der Waals surface area contributed by atoms with E-state index < -0.39 is 11.2 Å². The van der Waals surface area contributed by atoms with Crippen molar-refractivity contribution >= 4 is 36.2 Å². The molecule has 2 rings (SSSR count). The molecule has 0 aliphatic rings. The van der Waals surface area contributed by atoms with Crippen LogP contribution in [0.25, 0.3) is 0 Å². The zero-order valence-electron chi connectivity index (χ0n) is 14.2. The largest absolute Gasteiger partial charge is 0.387 e. The first kappa shape index (κ1) is 20.2. The minimum absolute atomic E-state index is 0.236.